The summed E-state index contributed by atoms with van der Waals surface area (Å²) < 4.78 is 5.87. The van der Waals surface area contributed by atoms with Crippen molar-refractivity contribution in [2.45, 2.75) is 25.6 Å². The number of thiophene rings is 1. The van der Waals surface area contributed by atoms with E-state index in [4.69, 9.17) is 16.2 Å². The monoisotopic (exact) mass is 280 g/mol. The van der Waals surface area contributed by atoms with Crippen LogP contribution in [0.5, 0.6) is 0 Å². The third kappa shape index (κ3) is 2.03. The Morgan fingerprint density at radius 2 is 2.26 bits per heavy atom. The predicted octanol–water partition coefficient (Wildman–Crippen LogP) is 1.31. The van der Waals surface area contributed by atoms with E-state index in [9.17, 15) is 5.11 Å². The summed E-state index contributed by atoms with van der Waals surface area (Å²) in [6.07, 6.45) is 0.679. The molecule has 3 atom stereocenters. The minimum absolute atomic E-state index is 0.0450. The van der Waals surface area contributed by atoms with E-state index in [0.717, 1.165) is 22.2 Å². The SMILES string of the molecule is CC1CC(CO)OC1c1scc2c(N)nc(N)nc12. The normalized spacial score (nSPS) is 27.2. The van der Waals surface area contributed by atoms with Crippen molar-refractivity contribution >= 4 is 34.0 Å². The molecule has 0 spiro atoms. The van der Waals surface area contributed by atoms with Crippen LogP contribution in [0.3, 0.4) is 0 Å². The van der Waals surface area contributed by atoms with Crippen LogP contribution in [0.15, 0.2) is 5.38 Å². The summed E-state index contributed by atoms with van der Waals surface area (Å²) in [5, 5.41) is 12.0. The molecule has 6 nitrogen and oxygen atoms in total. The first kappa shape index (κ1) is 12.6. The van der Waals surface area contributed by atoms with Gasteiger partial charge in [-0.15, -0.1) is 11.3 Å². The summed E-state index contributed by atoms with van der Waals surface area (Å²) in [6.45, 7) is 2.16. The van der Waals surface area contributed by atoms with Crippen LogP contribution in [-0.4, -0.2) is 27.8 Å². The number of hydrogen-bond acceptors (Lipinski definition) is 7. The van der Waals surface area contributed by atoms with Crippen molar-refractivity contribution in [3.8, 4) is 0 Å². The molecule has 1 saturated heterocycles. The summed E-state index contributed by atoms with van der Waals surface area (Å²) in [5.41, 5.74) is 12.3. The first-order chi connectivity index (χ1) is 9.10. The van der Waals surface area contributed by atoms with Crippen LogP contribution in [0.4, 0.5) is 11.8 Å². The molecule has 0 aliphatic carbocycles. The van der Waals surface area contributed by atoms with Crippen LogP contribution in [0.1, 0.15) is 24.3 Å². The number of aliphatic hydroxyl groups excluding tert-OH is 1. The fourth-order valence-corrected chi connectivity index (χ4v) is 3.73. The lowest BCUT2D eigenvalue weighted by atomic mass is 10.0. The number of ether oxygens (including phenoxy) is 1. The van der Waals surface area contributed by atoms with Gasteiger partial charge in [0.05, 0.1) is 34.6 Å². The lowest BCUT2D eigenvalue weighted by Crippen LogP contribution is -2.10. The Balaban J connectivity index is 2.06. The zero-order valence-electron chi connectivity index (χ0n) is 10.5. The Labute approximate surface area is 114 Å². The van der Waals surface area contributed by atoms with Gasteiger partial charge in [0, 0.05) is 5.38 Å². The largest absolute Gasteiger partial charge is 0.394 e. The number of hydrogen-bond donors (Lipinski definition) is 3. The van der Waals surface area contributed by atoms with Gasteiger partial charge in [0.1, 0.15) is 5.82 Å². The van der Waals surface area contributed by atoms with Crippen molar-refractivity contribution in [2.75, 3.05) is 18.1 Å². The van der Waals surface area contributed by atoms with E-state index in [0.29, 0.717) is 11.7 Å². The number of aliphatic hydroxyl groups is 1. The number of anilines is 2. The van der Waals surface area contributed by atoms with E-state index in [1.807, 2.05) is 5.38 Å². The quantitative estimate of drug-likeness (QED) is 0.765. The number of fused-ring (bicyclic) bond motifs is 1. The number of nitrogen functional groups attached to an aromatic ring is 2. The fraction of sp³-hybridized carbons (Fsp3) is 0.500. The van der Waals surface area contributed by atoms with E-state index in [1.54, 1.807) is 11.3 Å². The molecule has 102 valence electrons. The highest BCUT2D eigenvalue weighted by molar-refractivity contribution is 7.11. The van der Waals surface area contributed by atoms with Crippen LogP contribution in [0.2, 0.25) is 0 Å². The van der Waals surface area contributed by atoms with Gasteiger partial charge in [0.15, 0.2) is 0 Å². The molecule has 0 amide bonds. The maximum Gasteiger partial charge on any atom is 0.222 e. The summed E-state index contributed by atoms with van der Waals surface area (Å²) in [7, 11) is 0. The minimum Gasteiger partial charge on any atom is -0.394 e. The van der Waals surface area contributed by atoms with E-state index >= 15 is 0 Å². The number of aromatic nitrogens is 2. The van der Waals surface area contributed by atoms with E-state index < -0.39 is 0 Å². The zero-order chi connectivity index (χ0) is 13.6. The van der Waals surface area contributed by atoms with Gasteiger partial charge in [0.2, 0.25) is 5.95 Å². The van der Waals surface area contributed by atoms with Crippen molar-refractivity contribution < 1.29 is 9.84 Å². The van der Waals surface area contributed by atoms with Crippen molar-refractivity contribution in [2.24, 2.45) is 5.92 Å². The average Bonchev–Trinajstić information content (AvgIpc) is 2.92. The minimum atomic E-state index is -0.103. The molecular formula is C12H16N4O2S. The summed E-state index contributed by atoms with van der Waals surface area (Å²) in [6, 6.07) is 0. The highest BCUT2D eigenvalue weighted by Crippen LogP contribution is 2.43. The lowest BCUT2D eigenvalue weighted by molar-refractivity contribution is 0.00732. The van der Waals surface area contributed by atoms with Gasteiger partial charge < -0.3 is 21.3 Å². The van der Waals surface area contributed by atoms with Crippen LogP contribution in [0, 0.1) is 5.92 Å². The maximum absolute atomic E-state index is 9.21. The maximum atomic E-state index is 9.21. The van der Waals surface area contributed by atoms with E-state index in [1.165, 1.54) is 0 Å². The molecule has 3 rings (SSSR count). The molecule has 0 bridgehead atoms. The number of nitrogens with two attached hydrogens (primary N) is 2. The summed E-state index contributed by atoms with van der Waals surface area (Å²) in [5.74, 6) is 0.903. The predicted molar refractivity (Wildman–Crippen MR) is 74.7 cm³/mol. The van der Waals surface area contributed by atoms with Crippen molar-refractivity contribution in [3.63, 3.8) is 0 Å². The molecular weight excluding hydrogens is 264 g/mol. The smallest absolute Gasteiger partial charge is 0.222 e. The number of nitrogens with zero attached hydrogens (tertiary/aromatic N) is 2. The van der Waals surface area contributed by atoms with Crippen molar-refractivity contribution in [1.82, 2.24) is 9.97 Å². The number of rotatable bonds is 2. The highest BCUT2D eigenvalue weighted by atomic mass is 32.1. The first-order valence-electron chi connectivity index (χ1n) is 6.16. The fourth-order valence-electron chi connectivity index (χ4n) is 2.56. The van der Waals surface area contributed by atoms with E-state index in [2.05, 4.69) is 16.9 Å². The molecule has 0 saturated carbocycles. The first-order valence-corrected chi connectivity index (χ1v) is 7.04. The second-order valence-corrected chi connectivity index (χ2v) is 5.81. The van der Waals surface area contributed by atoms with Crippen LogP contribution < -0.4 is 11.5 Å². The molecule has 7 heteroatoms. The van der Waals surface area contributed by atoms with Gasteiger partial charge in [0.25, 0.3) is 0 Å². The van der Waals surface area contributed by atoms with Crippen LogP contribution in [-0.2, 0) is 4.74 Å². The van der Waals surface area contributed by atoms with Crippen molar-refractivity contribution in [3.05, 3.63) is 10.3 Å². The molecule has 2 aromatic rings. The van der Waals surface area contributed by atoms with Crippen molar-refractivity contribution in [1.29, 1.82) is 0 Å². The summed E-state index contributed by atoms with van der Waals surface area (Å²) in [4.78, 5) is 9.26. The molecule has 5 N–H and O–H groups in total. The molecule has 3 heterocycles. The Morgan fingerprint density at radius 3 is 2.95 bits per heavy atom. The Kier molecular flexibility index (Phi) is 3.04. The van der Waals surface area contributed by atoms with Gasteiger partial charge in [-0.2, -0.15) is 4.98 Å². The third-order valence-electron chi connectivity index (χ3n) is 3.48. The van der Waals surface area contributed by atoms with Gasteiger partial charge in [-0.25, -0.2) is 4.98 Å². The molecule has 1 aliphatic heterocycles. The molecule has 1 fully saturated rings. The van der Waals surface area contributed by atoms with Gasteiger partial charge in [-0.1, -0.05) is 6.92 Å². The highest BCUT2D eigenvalue weighted by Gasteiger charge is 2.35. The molecule has 0 aromatic carbocycles. The molecule has 0 radical (unpaired) electrons. The van der Waals surface area contributed by atoms with Crippen LogP contribution >= 0.6 is 11.3 Å². The standard InChI is InChI=1S/C12H16N4O2S/c1-5-2-6(3-17)18-9(5)10-8-7(4-19-10)11(13)16-12(14)15-8/h4-6,9,17H,2-3H2,1H3,(H4,13,14,15,16). The van der Waals surface area contributed by atoms with Gasteiger partial charge in [-0.05, 0) is 12.3 Å². The van der Waals surface area contributed by atoms with Gasteiger partial charge >= 0.3 is 0 Å². The molecule has 1 aliphatic rings. The molecule has 19 heavy (non-hydrogen) atoms. The van der Waals surface area contributed by atoms with E-state index in [-0.39, 0.29) is 24.8 Å². The second-order valence-electron chi connectivity index (χ2n) is 4.90. The molecule has 3 unspecified atom stereocenters. The Morgan fingerprint density at radius 1 is 1.47 bits per heavy atom. The van der Waals surface area contributed by atoms with Crippen LogP contribution in [0.25, 0.3) is 10.9 Å². The molecule has 2 aromatic heterocycles. The average molecular weight is 280 g/mol. The Hall–Kier alpha value is -1.44. The van der Waals surface area contributed by atoms with Gasteiger partial charge in [-0.3, -0.25) is 0 Å². The lowest BCUT2D eigenvalue weighted by Gasteiger charge is -2.13. The Bertz CT molecular complexity index is 615. The third-order valence-corrected chi connectivity index (χ3v) is 4.52. The summed E-state index contributed by atoms with van der Waals surface area (Å²) >= 11 is 1.55. The zero-order valence-corrected chi connectivity index (χ0v) is 11.4. The topological polar surface area (TPSA) is 107 Å². The second kappa shape index (κ2) is 4.59.